The lowest BCUT2D eigenvalue weighted by Crippen LogP contribution is -2.45. The Balaban J connectivity index is 1.89. The van der Waals surface area contributed by atoms with Crippen LogP contribution in [-0.2, 0) is 11.3 Å². The van der Waals surface area contributed by atoms with Gasteiger partial charge in [-0.3, -0.25) is 9.59 Å². The van der Waals surface area contributed by atoms with E-state index in [4.69, 9.17) is 4.42 Å². The number of nitrogens with zero attached hydrogens (tertiary/aromatic N) is 1. The van der Waals surface area contributed by atoms with E-state index >= 15 is 0 Å². The number of hydrogen-bond donors (Lipinski definition) is 1. The predicted octanol–water partition coefficient (Wildman–Crippen LogP) is 2.12. The SMILES string of the molecule is C[C@H](NC(=O)c1ccco1)C(=O)N(C)Cc1ccsc1. The van der Waals surface area contributed by atoms with Crippen molar-refractivity contribution in [2.45, 2.75) is 19.5 Å². The number of furan rings is 1. The summed E-state index contributed by atoms with van der Waals surface area (Å²) in [5, 5.41) is 6.59. The highest BCUT2D eigenvalue weighted by Crippen LogP contribution is 2.09. The maximum atomic E-state index is 12.2. The topological polar surface area (TPSA) is 62.6 Å². The van der Waals surface area contributed by atoms with Gasteiger partial charge in [-0.1, -0.05) is 0 Å². The Kier molecular flexibility index (Phi) is 4.57. The third-order valence-corrected chi connectivity index (χ3v) is 3.57. The lowest BCUT2D eigenvalue weighted by molar-refractivity contribution is -0.132. The Bertz CT molecular complexity index is 563. The summed E-state index contributed by atoms with van der Waals surface area (Å²) in [6, 6.07) is 4.56. The minimum atomic E-state index is -0.601. The first-order valence-corrected chi connectivity index (χ1v) is 7.12. The lowest BCUT2D eigenvalue weighted by atomic mass is 10.2. The molecular formula is C14H16N2O3S. The molecule has 2 aromatic heterocycles. The number of thiophene rings is 1. The Hall–Kier alpha value is -2.08. The van der Waals surface area contributed by atoms with E-state index in [-0.39, 0.29) is 17.6 Å². The van der Waals surface area contributed by atoms with Gasteiger partial charge in [-0.15, -0.1) is 0 Å². The molecule has 0 saturated carbocycles. The van der Waals surface area contributed by atoms with Crippen molar-refractivity contribution in [3.05, 3.63) is 46.5 Å². The first kappa shape index (κ1) is 14.3. The molecule has 0 aliphatic rings. The van der Waals surface area contributed by atoms with Crippen LogP contribution < -0.4 is 5.32 Å². The van der Waals surface area contributed by atoms with E-state index in [0.717, 1.165) is 5.56 Å². The Morgan fingerprint density at radius 3 is 2.85 bits per heavy atom. The number of hydrogen-bond acceptors (Lipinski definition) is 4. The van der Waals surface area contributed by atoms with Crippen molar-refractivity contribution >= 4 is 23.2 Å². The van der Waals surface area contributed by atoms with Crippen molar-refractivity contribution in [2.75, 3.05) is 7.05 Å². The van der Waals surface area contributed by atoms with E-state index in [2.05, 4.69) is 5.32 Å². The van der Waals surface area contributed by atoms with Gasteiger partial charge in [0.15, 0.2) is 5.76 Å². The Labute approximate surface area is 121 Å². The van der Waals surface area contributed by atoms with Crippen LogP contribution >= 0.6 is 11.3 Å². The number of likely N-dealkylation sites (N-methyl/N-ethyl adjacent to an activating group) is 1. The van der Waals surface area contributed by atoms with Crippen molar-refractivity contribution in [1.29, 1.82) is 0 Å². The van der Waals surface area contributed by atoms with Crippen LogP contribution in [0.5, 0.6) is 0 Å². The quantitative estimate of drug-likeness (QED) is 0.918. The molecule has 0 fully saturated rings. The molecule has 6 heteroatoms. The third-order valence-electron chi connectivity index (χ3n) is 2.84. The molecule has 0 aromatic carbocycles. The molecule has 20 heavy (non-hydrogen) atoms. The highest BCUT2D eigenvalue weighted by molar-refractivity contribution is 7.07. The van der Waals surface area contributed by atoms with Crippen LogP contribution in [0.15, 0.2) is 39.6 Å². The van der Waals surface area contributed by atoms with Crippen molar-refractivity contribution in [3.63, 3.8) is 0 Å². The van der Waals surface area contributed by atoms with E-state index in [1.54, 1.807) is 42.3 Å². The molecule has 0 saturated heterocycles. The van der Waals surface area contributed by atoms with Gasteiger partial charge in [-0.2, -0.15) is 11.3 Å². The highest BCUT2D eigenvalue weighted by Gasteiger charge is 2.21. The molecule has 2 rings (SSSR count). The highest BCUT2D eigenvalue weighted by atomic mass is 32.1. The zero-order chi connectivity index (χ0) is 14.5. The summed E-state index contributed by atoms with van der Waals surface area (Å²) in [7, 11) is 1.72. The minimum absolute atomic E-state index is 0.142. The van der Waals surface area contributed by atoms with Crippen molar-refractivity contribution < 1.29 is 14.0 Å². The zero-order valence-corrected chi connectivity index (χ0v) is 12.1. The first-order chi connectivity index (χ1) is 9.58. The third kappa shape index (κ3) is 3.48. The second-order valence-corrected chi connectivity index (χ2v) is 5.28. The second-order valence-electron chi connectivity index (χ2n) is 4.50. The van der Waals surface area contributed by atoms with Crippen LogP contribution in [0, 0.1) is 0 Å². The summed E-state index contributed by atoms with van der Waals surface area (Å²) >= 11 is 1.59. The maximum Gasteiger partial charge on any atom is 0.287 e. The van der Waals surface area contributed by atoms with Gasteiger partial charge in [-0.05, 0) is 41.4 Å². The minimum Gasteiger partial charge on any atom is -0.459 e. The molecule has 2 aromatic rings. The number of amides is 2. The number of carbonyl (C=O) groups is 2. The molecular weight excluding hydrogens is 276 g/mol. The van der Waals surface area contributed by atoms with E-state index < -0.39 is 6.04 Å². The summed E-state index contributed by atoms with van der Waals surface area (Å²) < 4.78 is 4.99. The van der Waals surface area contributed by atoms with Crippen molar-refractivity contribution in [2.24, 2.45) is 0 Å². The molecule has 106 valence electrons. The smallest absolute Gasteiger partial charge is 0.287 e. The molecule has 0 spiro atoms. The summed E-state index contributed by atoms with van der Waals surface area (Å²) in [5.41, 5.74) is 1.08. The molecule has 2 heterocycles. The van der Waals surface area contributed by atoms with Gasteiger partial charge < -0.3 is 14.6 Å². The molecule has 2 amide bonds. The van der Waals surface area contributed by atoms with Gasteiger partial charge in [0.05, 0.1) is 6.26 Å². The fourth-order valence-electron chi connectivity index (χ4n) is 1.80. The van der Waals surface area contributed by atoms with Gasteiger partial charge in [-0.25, -0.2) is 0 Å². The summed E-state index contributed by atoms with van der Waals surface area (Å²) in [5.74, 6) is -0.332. The van der Waals surface area contributed by atoms with Gasteiger partial charge >= 0.3 is 0 Å². The molecule has 0 radical (unpaired) electrons. The van der Waals surface area contributed by atoms with Crippen LogP contribution in [0.1, 0.15) is 23.0 Å². The summed E-state index contributed by atoms with van der Waals surface area (Å²) in [4.78, 5) is 25.5. The molecule has 1 atom stereocenters. The molecule has 0 bridgehead atoms. The molecule has 0 aliphatic carbocycles. The molecule has 1 N–H and O–H groups in total. The van der Waals surface area contributed by atoms with Crippen LogP contribution in [-0.4, -0.2) is 29.8 Å². The first-order valence-electron chi connectivity index (χ1n) is 6.18. The van der Waals surface area contributed by atoms with E-state index in [1.165, 1.54) is 6.26 Å². The Morgan fingerprint density at radius 1 is 1.45 bits per heavy atom. The van der Waals surface area contributed by atoms with Gasteiger partial charge in [0.2, 0.25) is 5.91 Å². The fraction of sp³-hybridized carbons (Fsp3) is 0.286. The average Bonchev–Trinajstić information content (AvgIpc) is 3.10. The van der Waals surface area contributed by atoms with Crippen LogP contribution in [0.3, 0.4) is 0 Å². The van der Waals surface area contributed by atoms with Crippen molar-refractivity contribution in [1.82, 2.24) is 10.2 Å². The van der Waals surface area contributed by atoms with Gasteiger partial charge in [0.25, 0.3) is 5.91 Å². The zero-order valence-electron chi connectivity index (χ0n) is 11.3. The van der Waals surface area contributed by atoms with Gasteiger partial charge in [0.1, 0.15) is 6.04 Å². The normalized spacial score (nSPS) is 11.9. The van der Waals surface area contributed by atoms with Crippen LogP contribution in [0.25, 0.3) is 0 Å². The summed E-state index contributed by atoms with van der Waals surface area (Å²) in [6.45, 7) is 2.19. The molecule has 0 aliphatic heterocycles. The number of rotatable bonds is 5. The predicted molar refractivity (Wildman–Crippen MR) is 76.4 cm³/mol. The second kappa shape index (κ2) is 6.38. The van der Waals surface area contributed by atoms with Gasteiger partial charge in [0, 0.05) is 13.6 Å². The Morgan fingerprint density at radius 2 is 2.25 bits per heavy atom. The molecule has 0 unspecified atom stereocenters. The van der Waals surface area contributed by atoms with E-state index in [0.29, 0.717) is 6.54 Å². The fourth-order valence-corrected chi connectivity index (χ4v) is 2.46. The standard InChI is InChI=1S/C14H16N2O3S/c1-10(15-13(17)12-4-3-6-19-12)14(18)16(2)8-11-5-7-20-9-11/h3-7,9-10H,8H2,1-2H3,(H,15,17)/t10-/m0/s1. The van der Waals surface area contributed by atoms with E-state index in [1.807, 2.05) is 16.8 Å². The van der Waals surface area contributed by atoms with Crippen LogP contribution in [0.4, 0.5) is 0 Å². The summed E-state index contributed by atoms with van der Waals surface area (Å²) in [6.07, 6.45) is 1.42. The van der Waals surface area contributed by atoms with Crippen LogP contribution in [0.2, 0.25) is 0 Å². The number of carbonyl (C=O) groups excluding carboxylic acids is 2. The average molecular weight is 292 g/mol. The van der Waals surface area contributed by atoms with E-state index in [9.17, 15) is 9.59 Å². The van der Waals surface area contributed by atoms with Crippen molar-refractivity contribution in [3.8, 4) is 0 Å². The monoisotopic (exact) mass is 292 g/mol. The number of nitrogens with one attached hydrogen (secondary N) is 1. The molecule has 5 nitrogen and oxygen atoms in total. The lowest BCUT2D eigenvalue weighted by Gasteiger charge is -2.21. The largest absolute Gasteiger partial charge is 0.459 e. The maximum absolute atomic E-state index is 12.2.